The average molecular weight is 597 g/mol. The maximum absolute atomic E-state index is 14.1. The second-order valence-corrected chi connectivity index (χ2v) is 9.04. The van der Waals surface area contributed by atoms with Crippen LogP contribution in [0.1, 0.15) is 38.8 Å². The van der Waals surface area contributed by atoms with Gasteiger partial charge in [0.2, 0.25) is 5.91 Å². The van der Waals surface area contributed by atoms with Gasteiger partial charge in [0.15, 0.2) is 0 Å². The largest absolute Gasteiger partial charge is 0.465 e. The fourth-order valence-electron chi connectivity index (χ4n) is 3.85. The summed E-state index contributed by atoms with van der Waals surface area (Å²) >= 11 is 0. The first-order valence-corrected chi connectivity index (χ1v) is 12.8. The van der Waals surface area contributed by atoms with Crippen LogP contribution in [-0.2, 0) is 27.4 Å². The highest BCUT2D eigenvalue weighted by Gasteiger charge is 2.17. The van der Waals surface area contributed by atoms with E-state index in [1.807, 2.05) is 0 Å². The van der Waals surface area contributed by atoms with Gasteiger partial charge in [0, 0.05) is 36.0 Å². The van der Waals surface area contributed by atoms with Crippen molar-refractivity contribution in [3.63, 3.8) is 0 Å². The minimum absolute atomic E-state index is 0.0773. The number of carbonyl (C=O) groups excluding carboxylic acids is 3. The predicted octanol–water partition coefficient (Wildman–Crippen LogP) is 6.67. The molecule has 0 heterocycles. The lowest BCUT2D eigenvalue weighted by molar-refractivity contribution is -0.116. The van der Waals surface area contributed by atoms with Crippen LogP contribution in [0.3, 0.4) is 0 Å². The van der Waals surface area contributed by atoms with Crippen molar-refractivity contribution in [3.05, 3.63) is 130 Å². The number of amides is 1. The lowest BCUT2D eigenvalue weighted by Gasteiger charge is -2.21. The van der Waals surface area contributed by atoms with E-state index < -0.39 is 29.4 Å². The molecule has 0 spiro atoms. The van der Waals surface area contributed by atoms with Gasteiger partial charge >= 0.3 is 11.9 Å². The molecule has 4 rings (SSSR count). The average Bonchev–Trinajstić information content (AvgIpc) is 2.99. The smallest absolute Gasteiger partial charge is 0.337 e. The van der Waals surface area contributed by atoms with Crippen LogP contribution in [0.5, 0.6) is 0 Å². The number of carbonyl (C=O) groups is 3. The molecule has 0 fully saturated rings. The Labute approximate surface area is 245 Å². The first kappa shape index (κ1) is 32.3. The number of rotatable bonds is 8. The number of halogens is 4. The van der Waals surface area contributed by atoms with Gasteiger partial charge in [-0.1, -0.05) is 24.3 Å². The van der Waals surface area contributed by atoms with E-state index in [-0.39, 0.29) is 41.5 Å². The maximum atomic E-state index is 14.1. The second-order valence-electron chi connectivity index (χ2n) is 9.04. The standard InChI is InChI=1S/C17H15F2NO3.C15H13F2NO2/c1-11(21)20(15-5-3-4-14(18)9-15)10-13-7-6-12(8-16(13)19)17(22)23-2;1-20-15(19)10-5-6-11(14(17)7-10)9-18-13-4-2-3-12(16)8-13/h3-9H,10H2,1-2H3;2-8,18H,9H2,1H3. The van der Waals surface area contributed by atoms with Crippen LogP contribution >= 0.6 is 0 Å². The summed E-state index contributed by atoms with van der Waals surface area (Å²) in [5.74, 6) is -3.61. The zero-order valence-corrected chi connectivity index (χ0v) is 23.5. The third-order valence-electron chi connectivity index (χ3n) is 6.08. The molecule has 43 heavy (non-hydrogen) atoms. The Kier molecular flexibility index (Phi) is 11.4. The van der Waals surface area contributed by atoms with Gasteiger partial charge in [-0.25, -0.2) is 27.2 Å². The number of hydrogen-bond donors (Lipinski definition) is 1. The van der Waals surface area contributed by atoms with Crippen LogP contribution < -0.4 is 10.2 Å². The molecule has 0 aliphatic carbocycles. The summed E-state index contributed by atoms with van der Waals surface area (Å²) in [7, 11) is 2.44. The topological polar surface area (TPSA) is 84.9 Å². The molecule has 0 aromatic heterocycles. The first-order chi connectivity index (χ1) is 20.5. The number of methoxy groups -OCH3 is 2. The molecular weight excluding hydrogens is 568 g/mol. The van der Waals surface area contributed by atoms with Crippen LogP contribution in [-0.4, -0.2) is 32.1 Å². The molecular formula is C32H28F4N2O5. The Morgan fingerprint density at radius 2 is 1.23 bits per heavy atom. The molecule has 0 unspecified atom stereocenters. The Bertz CT molecular complexity index is 1610. The molecule has 4 aromatic carbocycles. The highest BCUT2D eigenvalue weighted by molar-refractivity contribution is 5.92. The van der Waals surface area contributed by atoms with E-state index in [2.05, 4.69) is 14.8 Å². The van der Waals surface area contributed by atoms with Crippen LogP contribution in [0.25, 0.3) is 0 Å². The molecule has 0 atom stereocenters. The second kappa shape index (κ2) is 15.2. The van der Waals surface area contributed by atoms with Gasteiger partial charge in [0.05, 0.1) is 31.9 Å². The quantitative estimate of drug-likeness (QED) is 0.181. The van der Waals surface area contributed by atoms with Crippen molar-refractivity contribution >= 4 is 29.2 Å². The summed E-state index contributed by atoms with van der Waals surface area (Å²) in [6.45, 7) is 1.43. The zero-order chi connectivity index (χ0) is 31.5. The monoisotopic (exact) mass is 596 g/mol. The first-order valence-electron chi connectivity index (χ1n) is 12.8. The van der Waals surface area contributed by atoms with Crippen molar-refractivity contribution in [1.29, 1.82) is 0 Å². The summed E-state index contributed by atoms with van der Waals surface area (Å²) < 4.78 is 63.3. The summed E-state index contributed by atoms with van der Waals surface area (Å²) in [6.07, 6.45) is 0. The van der Waals surface area contributed by atoms with Crippen molar-refractivity contribution in [3.8, 4) is 0 Å². The van der Waals surface area contributed by atoms with Crippen LogP contribution in [0.15, 0.2) is 84.9 Å². The molecule has 0 bridgehead atoms. The fraction of sp³-hybridized carbons (Fsp3) is 0.156. The van der Waals surface area contributed by atoms with E-state index in [1.165, 1.54) is 80.6 Å². The van der Waals surface area contributed by atoms with Gasteiger partial charge in [-0.2, -0.15) is 0 Å². The Morgan fingerprint density at radius 3 is 1.72 bits per heavy atom. The van der Waals surface area contributed by atoms with Gasteiger partial charge in [-0.15, -0.1) is 0 Å². The molecule has 224 valence electrons. The lowest BCUT2D eigenvalue weighted by atomic mass is 10.1. The third-order valence-corrected chi connectivity index (χ3v) is 6.08. The van der Waals surface area contributed by atoms with Gasteiger partial charge in [-0.05, 0) is 60.7 Å². The highest BCUT2D eigenvalue weighted by Crippen LogP contribution is 2.21. The Balaban J connectivity index is 0.000000238. The molecule has 4 aromatic rings. The van der Waals surface area contributed by atoms with E-state index in [9.17, 15) is 31.9 Å². The van der Waals surface area contributed by atoms with Crippen molar-refractivity contribution < 1.29 is 41.4 Å². The molecule has 11 heteroatoms. The van der Waals surface area contributed by atoms with Crippen molar-refractivity contribution in [2.75, 3.05) is 24.4 Å². The van der Waals surface area contributed by atoms with E-state index >= 15 is 0 Å². The molecule has 7 nitrogen and oxygen atoms in total. The number of nitrogens with one attached hydrogen (secondary N) is 1. The van der Waals surface area contributed by atoms with Gasteiger partial charge in [-0.3, -0.25) is 4.79 Å². The minimum atomic E-state index is -0.649. The van der Waals surface area contributed by atoms with Gasteiger partial charge < -0.3 is 19.7 Å². The molecule has 0 saturated heterocycles. The van der Waals surface area contributed by atoms with E-state index in [1.54, 1.807) is 18.2 Å². The maximum Gasteiger partial charge on any atom is 0.337 e. The summed E-state index contributed by atoms with van der Waals surface area (Å²) in [4.78, 5) is 35.7. The van der Waals surface area contributed by atoms with Crippen molar-refractivity contribution in [2.24, 2.45) is 0 Å². The summed E-state index contributed by atoms with van der Waals surface area (Å²) in [6, 6.07) is 19.3. The number of ether oxygens (including phenoxy) is 2. The van der Waals surface area contributed by atoms with Crippen LogP contribution in [0, 0.1) is 23.3 Å². The van der Waals surface area contributed by atoms with Crippen molar-refractivity contribution in [1.82, 2.24) is 0 Å². The van der Waals surface area contributed by atoms with Gasteiger partial charge in [0.1, 0.15) is 23.3 Å². The lowest BCUT2D eigenvalue weighted by Crippen LogP contribution is -2.28. The van der Waals surface area contributed by atoms with Gasteiger partial charge in [0.25, 0.3) is 0 Å². The van der Waals surface area contributed by atoms with Crippen molar-refractivity contribution in [2.45, 2.75) is 20.0 Å². The number of hydrogen-bond acceptors (Lipinski definition) is 6. The van der Waals surface area contributed by atoms with Crippen LogP contribution in [0.4, 0.5) is 28.9 Å². The van der Waals surface area contributed by atoms with Crippen LogP contribution in [0.2, 0.25) is 0 Å². The van der Waals surface area contributed by atoms with E-state index in [0.717, 1.165) is 12.1 Å². The SMILES string of the molecule is COC(=O)c1ccc(CN(C(C)=O)c2cccc(F)c2)c(F)c1.COC(=O)c1ccc(CNc2cccc(F)c2)c(F)c1. The zero-order valence-electron chi connectivity index (χ0n) is 23.5. The number of anilines is 2. The Morgan fingerprint density at radius 1 is 0.698 bits per heavy atom. The summed E-state index contributed by atoms with van der Waals surface area (Å²) in [5, 5.41) is 2.91. The highest BCUT2D eigenvalue weighted by atomic mass is 19.1. The Hall–Kier alpha value is -5.19. The molecule has 1 amide bonds. The molecule has 0 aliphatic rings. The summed E-state index contributed by atoms with van der Waals surface area (Å²) in [5.41, 5.74) is 1.70. The third kappa shape index (κ3) is 9.15. The fourth-order valence-corrected chi connectivity index (χ4v) is 3.85. The van der Waals surface area contributed by atoms with E-state index in [4.69, 9.17) is 0 Å². The number of esters is 2. The molecule has 0 radical (unpaired) electrons. The molecule has 0 saturated carbocycles. The number of benzene rings is 4. The predicted molar refractivity (Wildman–Crippen MR) is 152 cm³/mol. The normalized spacial score (nSPS) is 10.2. The molecule has 0 aliphatic heterocycles. The van der Waals surface area contributed by atoms with E-state index in [0.29, 0.717) is 16.9 Å². The number of nitrogens with zero attached hydrogens (tertiary/aromatic N) is 1. The molecule has 1 N–H and O–H groups in total. The minimum Gasteiger partial charge on any atom is -0.465 e.